The summed E-state index contributed by atoms with van der Waals surface area (Å²) >= 11 is 0. The summed E-state index contributed by atoms with van der Waals surface area (Å²) in [6.45, 7) is 4.63. The molecule has 0 spiro atoms. The number of amides is 1. The molecule has 0 radical (unpaired) electrons. The minimum Gasteiger partial charge on any atom is -0.493 e. The van der Waals surface area contributed by atoms with E-state index in [1.54, 1.807) is 21.6 Å². The third kappa shape index (κ3) is 7.65. The highest BCUT2D eigenvalue weighted by atomic mass is 16.5. The van der Waals surface area contributed by atoms with Crippen LogP contribution in [0.2, 0.25) is 0 Å². The molecule has 1 amide bonds. The molecule has 1 aromatic heterocycles. The van der Waals surface area contributed by atoms with E-state index in [1.807, 2.05) is 49.5 Å². The first-order valence-electron chi connectivity index (χ1n) is 16.1. The number of piperidine rings is 1. The first-order chi connectivity index (χ1) is 22.7. The number of carbonyl (C=O) groups excluding carboxylic acids is 3. The molecule has 1 atom stereocenters. The van der Waals surface area contributed by atoms with Gasteiger partial charge in [-0.05, 0) is 75.6 Å². The van der Waals surface area contributed by atoms with E-state index in [0.29, 0.717) is 35.2 Å². The van der Waals surface area contributed by atoms with E-state index in [0.717, 1.165) is 49.9 Å². The van der Waals surface area contributed by atoms with Gasteiger partial charge in [-0.25, -0.2) is 4.98 Å². The van der Waals surface area contributed by atoms with Gasteiger partial charge >= 0.3 is 0 Å². The van der Waals surface area contributed by atoms with Crippen LogP contribution in [0.25, 0.3) is 11.0 Å². The van der Waals surface area contributed by atoms with E-state index in [-0.39, 0.29) is 35.9 Å². The molecule has 248 valence electrons. The Balaban J connectivity index is 1.23. The molecule has 1 fully saturated rings. The average molecular weight is 641 g/mol. The van der Waals surface area contributed by atoms with Gasteiger partial charge in [0.2, 0.25) is 11.5 Å². The Kier molecular flexibility index (Phi) is 10.9. The second-order valence-electron chi connectivity index (χ2n) is 12.2. The molecular weight excluding hydrogens is 596 g/mol. The maximum Gasteiger partial charge on any atom is 0.253 e. The summed E-state index contributed by atoms with van der Waals surface area (Å²) in [4.78, 5) is 48.1. The number of likely N-dealkylation sites (tertiary alicyclic amines) is 1. The van der Waals surface area contributed by atoms with Gasteiger partial charge in [-0.1, -0.05) is 42.5 Å². The van der Waals surface area contributed by atoms with Crippen molar-refractivity contribution in [2.24, 2.45) is 5.92 Å². The number of benzene rings is 3. The predicted octanol–water partition coefficient (Wildman–Crippen LogP) is 5.49. The van der Waals surface area contributed by atoms with Crippen LogP contribution in [0.4, 0.5) is 0 Å². The van der Waals surface area contributed by atoms with Gasteiger partial charge in [-0.2, -0.15) is 0 Å². The number of hydrogen-bond donors (Lipinski definition) is 0. The van der Waals surface area contributed by atoms with Crippen LogP contribution in [0.15, 0.2) is 66.7 Å². The molecule has 10 nitrogen and oxygen atoms in total. The number of carbonyl (C=O) groups is 3. The first kappa shape index (κ1) is 33.7. The lowest BCUT2D eigenvalue weighted by atomic mass is 9.90. The van der Waals surface area contributed by atoms with Crippen molar-refractivity contribution in [3.05, 3.63) is 83.7 Å². The number of para-hydroxylation sites is 2. The number of methoxy groups -OCH3 is 3. The van der Waals surface area contributed by atoms with Gasteiger partial charge in [0.25, 0.3) is 5.91 Å². The highest BCUT2D eigenvalue weighted by Gasteiger charge is 2.30. The number of rotatable bonds is 14. The van der Waals surface area contributed by atoms with E-state index in [4.69, 9.17) is 14.2 Å². The molecule has 5 rings (SSSR count). The monoisotopic (exact) mass is 640 g/mol. The number of fused-ring (bicyclic) bond motifs is 1. The highest BCUT2D eigenvalue weighted by Crippen LogP contribution is 2.38. The van der Waals surface area contributed by atoms with E-state index in [9.17, 15) is 14.4 Å². The highest BCUT2D eigenvalue weighted by molar-refractivity contribution is 5.99. The SMILES string of the molecule is COc1cc(C(=O)N(C)CC(CCN2CCC(C(=O)c3nc4ccccc4n3CC(C)=O)CC2)c2ccccc2)cc(OC)c1OC. The summed E-state index contributed by atoms with van der Waals surface area (Å²) in [7, 11) is 6.42. The fourth-order valence-corrected chi connectivity index (χ4v) is 6.51. The van der Waals surface area contributed by atoms with Crippen molar-refractivity contribution < 1.29 is 28.6 Å². The molecule has 3 aromatic carbocycles. The van der Waals surface area contributed by atoms with Crippen molar-refractivity contribution in [2.75, 3.05) is 54.6 Å². The van der Waals surface area contributed by atoms with Crippen LogP contribution < -0.4 is 14.2 Å². The number of imidazole rings is 1. The molecule has 0 N–H and O–H groups in total. The Labute approximate surface area is 276 Å². The molecule has 0 bridgehead atoms. The van der Waals surface area contributed by atoms with Crippen molar-refractivity contribution in [3.63, 3.8) is 0 Å². The second-order valence-corrected chi connectivity index (χ2v) is 12.2. The lowest BCUT2D eigenvalue weighted by Gasteiger charge is -2.33. The number of hydrogen-bond acceptors (Lipinski definition) is 8. The maximum absolute atomic E-state index is 13.7. The number of likely N-dealkylation sites (N-methyl/N-ethyl adjacent to an activating group) is 1. The lowest BCUT2D eigenvalue weighted by molar-refractivity contribution is -0.117. The third-order valence-electron chi connectivity index (χ3n) is 9.03. The zero-order valence-electron chi connectivity index (χ0n) is 27.9. The van der Waals surface area contributed by atoms with E-state index < -0.39 is 0 Å². The van der Waals surface area contributed by atoms with Gasteiger partial charge < -0.3 is 28.6 Å². The van der Waals surface area contributed by atoms with Crippen molar-refractivity contribution in [1.29, 1.82) is 0 Å². The van der Waals surface area contributed by atoms with Crippen molar-refractivity contribution in [3.8, 4) is 17.2 Å². The van der Waals surface area contributed by atoms with Crippen LogP contribution in [0, 0.1) is 5.92 Å². The Bertz CT molecular complexity index is 1690. The Morgan fingerprint density at radius 1 is 0.915 bits per heavy atom. The van der Waals surface area contributed by atoms with Gasteiger partial charge in [-0.3, -0.25) is 14.4 Å². The molecule has 1 unspecified atom stereocenters. The van der Waals surface area contributed by atoms with Crippen molar-refractivity contribution in [2.45, 2.75) is 38.6 Å². The summed E-state index contributed by atoms with van der Waals surface area (Å²) in [5.74, 6) is 1.51. The fraction of sp³-hybridized carbons (Fsp3) is 0.405. The maximum atomic E-state index is 13.7. The quantitative estimate of drug-likeness (QED) is 0.167. The van der Waals surface area contributed by atoms with Crippen molar-refractivity contribution in [1.82, 2.24) is 19.4 Å². The van der Waals surface area contributed by atoms with E-state index >= 15 is 0 Å². The van der Waals surface area contributed by atoms with Gasteiger partial charge in [-0.15, -0.1) is 0 Å². The van der Waals surface area contributed by atoms with Crippen LogP contribution >= 0.6 is 0 Å². The fourth-order valence-electron chi connectivity index (χ4n) is 6.51. The summed E-state index contributed by atoms with van der Waals surface area (Å²) in [6, 6.07) is 21.2. The first-order valence-corrected chi connectivity index (χ1v) is 16.1. The standard InChI is InChI=1S/C37H44N4O6/c1-25(42)23-41-31-14-10-9-13-30(31)38-36(41)34(43)27-15-18-40(19-16-27)20-17-28(26-11-7-6-8-12-26)24-39(2)37(44)29-21-32(45-3)35(47-5)33(22-29)46-4/h6-14,21-22,27-28H,15-20,23-24H2,1-5H3. The molecule has 0 saturated carbocycles. The van der Waals surface area contributed by atoms with Gasteiger partial charge in [0.15, 0.2) is 17.3 Å². The van der Waals surface area contributed by atoms with Crippen LogP contribution in [-0.2, 0) is 11.3 Å². The topological polar surface area (TPSA) is 103 Å². The lowest BCUT2D eigenvalue weighted by Crippen LogP contribution is -2.39. The largest absolute Gasteiger partial charge is 0.493 e. The third-order valence-corrected chi connectivity index (χ3v) is 9.03. The van der Waals surface area contributed by atoms with E-state index in [1.165, 1.54) is 33.8 Å². The normalized spacial score (nSPS) is 14.5. The minimum atomic E-state index is -0.139. The summed E-state index contributed by atoms with van der Waals surface area (Å²) < 4.78 is 18.1. The number of Topliss-reactive ketones (excluding diaryl/α,β-unsaturated/α-hetero) is 2. The smallest absolute Gasteiger partial charge is 0.253 e. The van der Waals surface area contributed by atoms with Crippen molar-refractivity contribution >= 4 is 28.5 Å². The Morgan fingerprint density at radius 3 is 2.17 bits per heavy atom. The molecule has 2 heterocycles. The van der Waals surface area contributed by atoms with Crippen LogP contribution in [0.1, 0.15) is 58.6 Å². The summed E-state index contributed by atoms with van der Waals surface area (Å²) in [5.41, 5.74) is 3.17. The summed E-state index contributed by atoms with van der Waals surface area (Å²) in [6.07, 6.45) is 2.32. The van der Waals surface area contributed by atoms with Gasteiger partial charge in [0.05, 0.1) is 38.9 Å². The Hall–Kier alpha value is -4.70. The number of aromatic nitrogens is 2. The molecule has 4 aromatic rings. The number of nitrogens with zero attached hydrogens (tertiary/aromatic N) is 4. The van der Waals surface area contributed by atoms with Crippen LogP contribution in [0.5, 0.6) is 17.2 Å². The zero-order valence-corrected chi connectivity index (χ0v) is 27.9. The van der Waals surface area contributed by atoms with Gasteiger partial charge in [0, 0.05) is 31.0 Å². The minimum absolute atomic E-state index is 0.0104. The average Bonchev–Trinajstić information content (AvgIpc) is 3.46. The van der Waals surface area contributed by atoms with E-state index in [2.05, 4.69) is 22.0 Å². The summed E-state index contributed by atoms with van der Waals surface area (Å²) in [5, 5.41) is 0. The predicted molar refractivity (Wildman–Crippen MR) is 181 cm³/mol. The molecule has 1 saturated heterocycles. The molecule has 47 heavy (non-hydrogen) atoms. The molecule has 0 aliphatic carbocycles. The molecular formula is C37H44N4O6. The number of ether oxygens (including phenoxy) is 3. The molecule has 10 heteroatoms. The second kappa shape index (κ2) is 15.3. The van der Waals surface area contributed by atoms with Crippen LogP contribution in [0.3, 0.4) is 0 Å². The number of ketones is 2. The molecule has 1 aliphatic heterocycles. The zero-order chi connectivity index (χ0) is 33.5. The molecule has 1 aliphatic rings. The van der Waals surface area contributed by atoms with Crippen LogP contribution in [-0.4, -0.2) is 91.4 Å². The van der Waals surface area contributed by atoms with Gasteiger partial charge in [0.1, 0.15) is 5.78 Å². The Morgan fingerprint density at radius 2 is 1.55 bits per heavy atom.